The smallest absolute Gasteiger partial charge is 0.257 e. The minimum atomic E-state index is -0.207. The molecule has 0 saturated carbocycles. The lowest BCUT2D eigenvalue weighted by Crippen LogP contribution is -2.35. The molecule has 0 aromatic heterocycles. The largest absolute Gasteiger partial charge is 0.493 e. The Labute approximate surface area is 131 Å². The van der Waals surface area contributed by atoms with E-state index < -0.39 is 0 Å². The van der Waals surface area contributed by atoms with Gasteiger partial charge in [-0.3, -0.25) is 4.79 Å². The molecule has 2 N–H and O–H groups in total. The van der Waals surface area contributed by atoms with Crippen LogP contribution in [-0.4, -0.2) is 32.2 Å². The second-order valence-corrected chi connectivity index (χ2v) is 6.10. The number of carbonyl (C=O) groups excluding carboxylic acids is 1. The lowest BCUT2D eigenvalue weighted by molar-refractivity contribution is -0.122. The molecule has 0 spiro atoms. The van der Waals surface area contributed by atoms with Gasteiger partial charge in [0.1, 0.15) is 0 Å². The Balaban J connectivity index is 3.02. The summed E-state index contributed by atoms with van der Waals surface area (Å²) in [5.41, 5.74) is 0.798. The van der Waals surface area contributed by atoms with E-state index in [1.165, 1.54) is 0 Å². The first-order valence-corrected chi connectivity index (χ1v) is 7.09. The third kappa shape index (κ3) is 5.81. The average Bonchev–Trinajstić information content (AvgIpc) is 2.41. The van der Waals surface area contributed by atoms with Crippen LogP contribution in [0, 0.1) is 0 Å². The number of nitrogens with one attached hydrogen (secondary N) is 2. The molecule has 0 atom stereocenters. The number of hydrogen-bond donors (Lipinski definition) is 2. The fourth-order valence-electron chi connectivity index (χ4n) is 1.64. The normalized spacial score (nSPS) is 11.1. The Bertz CT molecular complexity index is 498. The van der Waals surface area contributed by atoms with E-state index in [1.54, 1.807) is 20.2 Å². The highest BCUT2D eigenvalue weighted by Crippen LogP contribution is 2.35. The van der Waals surface area contributed by atoms with E-state index in [2.05, 4.69) is 31.4 Å². The molecule has 0 aliphatic carbocycles. The number of rotatable bonds is 6. The number of halogens is 1. The molecule has 0 aliphatic heterocycles. The summed E-state index contributed by atoms with van der Waals surface area (Å²) in [5, 5.41) is 6.44. The first-order valence-electron chi connectivity index (χ1n) is 6.71. The molecule has 5 nitrogen and oxygen atoms in total. The zero-order valence-corrected chi connectivity index (χ0v) is 13.9. The molecule has 1 aromatic rings. The zero-order chi connectivity index (χ0) is 16.0. The molecule has 6 heteroatoms. The lowest BCUT2D eigenvalue weighted by atomic mass is 10.1. The fraction of sp³-hybridized carbons (Fsp3) is 0.533. The van der Waals surface area contributed by atoms with Gasteiger partial charge in [0.05, 0.1) is 7.11 Å². The molecule has 1 amide bonds. The van der Waals surface area contributed by atoms with Gasteiger partial charge in [-0.25, -0.2) is 0 Å². The van der Waals surface area contributed by atoms with Gasteiger partial charge in [-0.2, -0.15) is 0 Å². The summed E-state index contributed by atoms with van der Waals surface area (Å²) in [5.74, 6) is 0.834. The second kappa shape index (κ2) is 7.52. The van der Waals surface area contributed by atoms with E-state index in [4.69, 9.17) is 21.1 Å². The Morgan fingerprint density at radius 3 is 2.52 bits per heavy atom. The maximum atomic E-state index is 11.4. The van der Waals surface area contributed by atoms with Crippen LogP contribution in [0.5, 0.6) is 11.5 Å². The molecular formula is C15H23ClN2O3. The summed E-state index contributed by atoms with van der Waals surface area (Å²) in [6.45, 7) is 6.69. The summed E-state index contributed by atoms with van der Waals surface area (Å²) in [7, 11) is 3.10. The number of likely N-dealkylation sites (N-methyl/N-ethyl adjacent to an activating group) is 1. The van der Waals surface area contributed by atoms with E-state index >= 15 is 0 Å². The Kier molecular flexibility index (Phi) is 6.30. The van der Waals surface area contributed by atoms with Crippen molar-refractivity contribution in [3.8, 4) is 11.5 Å². The third-order valence-electron chi connectivity index (χ3n) is 2.75. The number of carbonyl (C=O) groups is 1. The highest BCUT2D eigenvalue weighted by molar-refractivity contribution is 6.30. The molecule has 0 unspecified atom stereocenters. The Hall–Kier alpha value is -1.46. The van der Waals surface area contributed by atoms with Crippen molar-refractivity contribution >= 4 is 17.5 Å². The number of methoxy groups -OCH3 is 1. The quantitative estimate of drug-likeness (QED) is 0.846. The van der Waals surface area contributed by atoms with Gasteiger partial charge < -0.3 is 20.1 Å². The maximum absolute atomic E-state index is 11.4. The molecule has 1 aromatic carbocycles. The summed E-state index contributed by atoms with van der Waals surface area (Å²) in [6.07, 6.45) is 0. The molecular weight excluding hydrogens is 292 g/mol. The van der Waals surface area contributed by atoms with E-state index in [9.17, 15) is 4.79 Å². The summed E-state index contributed by atoms with van der Waals surface area (Å²) in [6, 6.07) is 3.48. The van der Waals surface area contributed by atoms with E-state index in [1.807, 2.05) is 6.07 Å². The SMILES string of the molecule is CNC(=O)COc1c(CNC(C)(C)C)cc(Cl)cc1OC. The van der Waals surface area contributed by atoms with Crippen LogP contribution in [0.2, 0.25) is 5.02 Å². The van der Waals surface area contributed by atoms with E-state index in [-0.39, 0.29) is 18.1 Å². The van der Waals surface area contributed by atoms with Crippen molar-refractivity contribution in [3.63, 3.8) is 0 Å². The van der Waals surface area contributed by atoms with Gasteiger partial charge in [0.25, 0.3) is 5.91 Å². The number of ether oxygens (including phenoxy) is 2. The molecule has 0 radical (unpaired) electrons. The van der Waals surface area contributed by atoms with Crippen LogP contribution in [0.4, 0.5) is 0 Å². The Morgan fingerprint density at radius 1 is 1.33 bits per heavy atom. The van der Waals surface area contributed by atoms with Crippen molar-refractivity contribution in [2.45, 2.75) is 32.9 Å². The van der Waals surface area contributed by atoms with Gasteiger partial charge in [0.15, 0.2) is 18.1 Å². The molecule has 0 bridgehead atoms. The van der Waals surface area contributed by atoms with Gasteiger partial charge in [-0.1, -0.05) is 11.6 Å². The molecule has 21 heavy (non-hydrogen) atoms. The van der Waals surface area contributed by atoms with Crippen LogP contribution in [0.1, 0.15) is 26.3 Å². The van der Waals surface area contributed by atoms with Crippen molar-refractivity contribution in [2.24, 2.45) is 0 Å². The summed E-state index contributed by atoms with van der Waals surface area (Å²) >= 11 is 6.10. The third-order valence-corrected chi connectivity index (χ3v) is 2.97. The van der Waals surface area contributed by atoms with Crippen LogP contribution >= 0.6 is 11.6 Å². The minimum absolute atomic E-state index is 0.0480. The van der Waals surface area contributed by atoms with Gasteiger partial charge in [0.2, 0.25) is 0 Å². The van der Waals surface area contributed by atoms with Crippen molar-refractivity contribution < 1.29 is 14.3 Å². The zero-order valence-electron chi connectivity index (χ0n) is 13.2. The highest BCUT2D eigenvalue weighted by atomic mass is 35.5. The lowest BCUT2D eigenvalue weighted by Gasteiger charge is -2.22. The minimum Gasteiger partial charge on any atom is -0.493 e. The first-order chi connectivity index (χ1) is 9.76. The predicted molar refractivity (Wildman–Crippen MR) is 84.2 cm³/mol. The van der Waals surface area contributed by atoms with Crippen LogP contribution in [-0.2, 0) is 11.3 Å². The highest BCUT2D eigenvalue weighted by Gasteiger charge is 2.16. The monoisotopic (exact) mass is 314 g/mol. The van der Waals surface area contributed by atoms with Gasteiger partial charge >= 0.3 is 0 Å². The van der Waals surface area contributed by atoms with E-state index in [0.29, 0.717) is 23.1 Å². The van der Waals surface area contributed by atoms with Crippen LogP contribution in [0.3, 0.4) is 0 Å². The standard InChI is InChI=1S/C15H23ClN2O3/c1-15(2,3)18-8-10-6-11(16)7-12(20-5)14(10)21-9-13(19)17-4/h6-7,18H,8-9H2,1-5H3,(H,17,19). The number of amides is 1. The topological polar surface area (TPSA) is 59.6 Å². The maximum Gasteiger partial charge on any atom is 0.257 e. The molecule has 118 valence electrons. The summed E-state index contributed by atoms with van der Waals surface area (Å²) in [4.78, 5) is 11.4. The predicted octanol–water partition coefficient (Wildman–Crippen LogP) is 2.36. The van der Waals surface area contributed by atoms with Gasteiger partial charge in [-0.05, 0) is 26.8 Å². The van der Waals surface area contributed by atoms with Crippen LogP contribution in [0.25, 0.3) is 0 Å². The van der Waals surface area contributed by atoms with E-state index in [0.717, 1.165) is 5.56 Å². The molecule has 0 saturated heterocycles. The van der Waals surface area contributed by atoms with Crippen molar-refractivity contribution in [3.05, 3.63) is 22.7 Å². The van der Waals surface area contributed by atoms with Gasteiger partial charge in [0, 0.05) is 35.8 Å². The fourth-order valence-corrected chi connectivity index (χ4v) is 1.87. The second-order valence-electron chi connectivity index (χ2n) is 5.66. The summed E-state index contributed by atoms with van der Waals surface area (Å²) < 4.78 is 10.9. The van der Waals surface area contributed by atoms with Crippen molar-refractivity contribution in [1.29, 1.82) is 0 Å². The van der Waals surface area contributed by atoms with Crippen LogP contribution in [0.15, 0.2) is 12.1 Å². The van der Waals surface area contributed by atoms with Gasteiger partial charge in [-0.15, -0.1) is 0 Å². The number of hydrogen-bond acceptors (Lipinski definition) is 4. The average molecular weight is 315 g/mol. The molecule has 1 rings (SSSR count). The van der Waals surface area contributed by atoms with Crippen molar-refractivity contribution in [1.82, 2.24) is 10.6 Å². The Morgan fingerprint density at radius 2 is 2.00 bits per heavy atom. The number of benzene rings is 1. The molecule has 0 heterocycles. The van der Waals surface area contributed by atoms with Crippen LogP contribution < -0.4 is 20.1 Å². The molecule has 0 fully saturated rings. The first kappa shape index (κ1) is 17.6. The van der Waals surface area contributed by atoms with Crippen molar-refractivity contribution in [2.75, 3.05) is 20.8 Å². The molecule has 0 aliphatic rings.